The summed E-state index contributed by atoms with van der Waals surface area (Å²) >= 11 is 2.82. The first kappa shape index (κ1) is 22.3. The summed E-state index contributed by atoms with van der Waals surface area (Å²) in [7, 11) is 0. The number of hydrogen-bond donors (Lipinski definition) is 1. The van der Waals surface area contributed by atoms with E-state index in [1.54, 1.807) is 0 Å². The number of anilines is 1. The molecule has 2 aromatic heterocycles. The van der Waals surface area contributed by atoms with Gasteiger partial charge in [0, 0.05) is 6.54 Å². The molecule has 0 spiro atoms. The molecule has 9 heteroatoms. The van der Waals surface area contributed by atoms with Gasteiger partial charge in [0.25, 0.3) is 0 Å². The number of thiazole rings is 1. The maximum Gasteiger partial charge on any atom is 0.236 e. The lowest BCUT2D eigenvalue weighted by atomic mass is 10.1. The summed E-state index contributed by atoms with van der Waals surface area (Å²) in [6, 6.07) is 13.8. The number of fused-ring (bicyclic) bond motifs is 1. The van der Waals surface area contributed by atoms with E-state index < -0.39 is 0 Å². The van der Waals surface area contributed by atoms with Crippen molar-refractivity contribution in [1.82, 2.24) is 19.7 Å². The predicted molar refractivity (Wildman–Crippen MR) is 130 cm³/mol. The van der Waals surface area contributed by atoms with Crippen molar-refractivity contribution in [3.05, 3.63) is 59.4 Å². The number of thioether (sulfide) groups is 1. The van der Waals surface area contributed by atoms with Gasteiger partial charge in [-0.25, -0.2) is 4.98 Å². The van der Waals surface area contributed by atoms with Gasteiger partial charge in [-0.15, -0.1) is 10.2 Å². The fourth-order valence-electron chi connectivity index (χ4n) is 3.31. The molecule has 0 radical (unpaired) electrons. The molecular formula is C23H25N5O2S2. The van der Waals surface area contributed by atoms with E-state index >= 15 is 0 Å². The number of hydrogen-bond acceptors (Lipinski definition) is 7. The van der Waals surface area contributed by atoms with Crippen molar-refractivity contribution in [1.29, 1.82) is 0 Å². The maximum atomic E-state index is 12.5. The summed E-state index contributed by atoms with van der Waals surface area (Å²) in [4.78, 5) is 16.9. The first-order chi connectivity index (χ1) is 15.5. The number of amides is 1. The van der Waals surface area contributed by atoms with Crippen molar-refractivity contribution in [3.63, 3.8) is 0 Å². The third-order valence-corrected chi connectivity index (χ3v) is 7.08. The van der Waals surface area contributed by atoms with Gasteiger partial charge in [0.1, 0.15) is 5.75 Å². The van der Waals surface area contributed by atoms with Gasteiger partial charge in [-0.05, 0) is 57.0 Å². The quantitative estimate of drug-likeness (QED) is 0.350. The Morgan fingerprint density at radius 2 is 2.00 bits per heavy atom. The number of benzene rings is 2. The molecule has 0 aliphatic rings. The molecule has 0 fully saturated rings. The number of carbonyl (C=O) groups excluding carboxylic acids is 1. The number of nitrogens with one attached hydrogen (secondary N) is 1. The van der Waals surface area contributed by atoms with Crippen molar-refractivity contribution < 1.29 is 9.53 Å². The van der Waals surface area contributed by atoms with Crippen LogP contribution in [0.5, 0.6) is 5.75 Å². The minimum absolute atomic E-state index is 0.124. The average Bonchev–Trinajstić information content (AvgIpc) is 3.38. The minimum atomic E-state index is -0.270. The van der Waals surface area contributed by atoms with Gasteiger partial charge in [0.05, 0.1) is 16.0 Å². The number of aryl methyl sites for hydroxylation is 1. The zero-order valence-corrected chi connectivity index (χ0v) is 20.1. The van der Waals surface area contributed by atoms with E-state index in [-0.39, 0.29) is 17.8 Å². The highest BCUT2D eigenvalue weighted by atomic mass is 32.2. The number of para-hydroxylation sites is 1. The molecule has 0 aliphatic heterocycles. The number of carbonyl (C=O) groups is 1. The van der Waals surface area contributed by atoms with Crippen LogP contribution in [0.15, 0.2) is 47.6 Å². The fraction of sp³-hybridized carbons (Fsp3) is 0.304. The Kier molecular flexibility index (Phi) is 6.76. The predicted octanol–water partition coefficient (Wildman–Crippen LogP) is 5.40. The average molecular weight is 468 g/mol. The van der Waals surface area contributed by atoms with Crippen LogP contribution in [0.4, 0.5) is 5.13 Å². The van der Waals surface area contributed by atoms with Gasteiger partial charge in [0.2, 0.25) is 5.91 Å². The molecule has 2 aromatic carbocycles. The molecular weight excluding hydrogens is 442 g/mol. The molecule has 1 N–H and O–H groups in total. The summed E-state index contributed by atoms with van der Waals surface area (Å²) in [6.45, 7) is 8.79. The Bertz CT molecular complexity index is 1220. The first-order valence-electron chi connectivity index (χ1n) is 10.4. The zero-order valence-electron chi connectivity index (χ0n) is 18.5. The molecule has 0 aliphatic carbocycles. The Morgan fingerprint density at radius 3 is 2.78 bits per heavy atom. The summed E-state index contributed by atoms with van der Waals surface area (Å²) in [6.07, 6.45) is -0.270. The number of nitrogens with zero attached hydrogens (tertiary/aromatic N) is 4. The molecule has 1 amide bonds. The van der Waals surface area contributed by atoms with E-state index in [2.05, 4.69) is 33.5 Å². The smallest absolute Gasteiger partial charge is 0.236 e. The fourth-order valence-corrected chi connectivity index (χ4v) is 5.00. The zero-order chi connectivity index (χ0) is 22.7. The van der Waals surface area contributed by atoms with E-state index in [0.717, 1.165) is 27.4 Å². The van der Waals surface area contributed by atoms with Gasteiger partial charge < -0.3 is 14.6 Å². The minimum Gasteiger partial charge on any atom is -0.482 e. The van der Waals surface area contributed by atoms with Crippen LogP contribution in [0, 0.1) is 13.8 Å². The highest BCUT2D eigenvalue weighted by Gasteiger charge is 2.20. The van der Waals surface area contributed by atoms with Gasteiger partial charge in [0.15, 0.2) is 22.2 Å². The van der Waals surface area contributed by atoms with Crippen molar-refractivity contribution in [2.45, 2.75) is 45.5 Å². The summed E-state index contributed by atoms with van der Waals surface area (Å²) in [5.74, 6) is 1.68. The van der Waals surface area contributed by atoms with E-state index in [1.807, 2.05) is 61.7 Å². The molecule has 0 saturated heterocycles. The van der Waals surface area contributed by atoms with Crippen molar-refractivity contribution in [2.24, 2.45) is 0 Å². The van der Waals surface area contributed by atoms with Crippen LogP contribution in [0.1, 0.15) is 36.9 Å². The van der Waals surface area contributed by atoms with Crippen LogP contribution in [-0.2, 0) is 11.3 Å². The summed E-state index contributed by atoms with van der Waals surface area (Å²) in [5.41, 5.74) is 3.18. The third-order valence-electron chi connectivity index (χ3n) is 5.16. The van der Waals surface area contributed by atoms with Gasteiger partial charge >= 0.3 is 0 Å². The Morgan fingerprint density at radius 1 is 1.19 bits per heavy atom. The molecule has 4 aromatic rings. The largest absolute Gasteiger partial charge is 0.482 e. The van der Waals surface area contributed by atoms with Crippen LogP contribution in [0.2, 0.25) is 0 Å². The monoisotopic (exact) mass is 467 g/mol. The standard InChI is InChI=1S/C23H25N5O2S2/c1-5-28-21(16(4)30-18-11-8-9-14(2)15(18)3)26-27-23(28)31-13-20(29)25-22-24-17-10-6-7-12-19(17)32-22/h6-12,16H,5,13H2,1-4H3,(H,24,25,29). The highest BCUT2D eigenvalue weighted by Crippen LogP contribution is 2.29. The molecule has 166 valence electrons. The lowest BCUT2D eigenvalue weighted by Gasteiger charge is -2.17. The second kappa shape index (κ2) is 9.70. The van der Waals surface area contributed by atoms with E-state index in [0.29, 0.717) is 16.8 Å². The van der Waals surface area contributed by atoms with Crippen LogP contribution in [0.25, 0.3) is 10.2 Å². The first-order valence-corrected chi connectivity index (χ1v) is 12.2. The normalized spacial score (nSPS) is 12.1. The lowest BCUT2D eigenvalue weighted by molar-refractivity contribution is -0.113. The summed E-state index contributed by atoms with van der Waals surface area (Å²) in [5, 5.41) is 12.8. The lowest BCUT2D eigenvalue weighted by Crippen LogP contribution is -2.15. The van der Waals surface area contributed by atoms with Gasteiger partial charge in [-0.3, -0.25) is 4.79 Å². The van der Waals surface area contributed by atoms with Crippen molar-refractivity contribution in [3.8, 4) is 5.75 Å². The molecule has 0 bridgehead atoms. The van der Waals surface area contributed by atoms with Crippen molar-refractivity contribution in [2.75, 3.05) is 11.1 Å². The van der Waals surface area contributed by atoms with E-state index in [1.165, 1.54) is 28.7 Å². The molecule has 2 heterocycles. The second-order valence-electron chi connectivity index (χ2n) is 7.37. The van der Waals surface area contributed by atoms with Crippen LogP contribution in [0.3, 0.4) is 0 Å². The maximum absolute atomic E-state index is 12.5. The number of rotatable bonds is 8. The molecule has 1 atom stereocenters. The highest BCUT2D eigenvalue weighted by molar-refractivity contribution is 7.99. The third kappa shape index (κ3) is 4.78. The Balaban J connectivity index is 1.41. The SMILES string of the molecule is CCn1c(SCC(=O)Nc2nc3ccccc3s2)nnc1C(C)Oc1cccc(C)c1C. The molecule has 7 nitrogen and oxygen atoms in total. The van der Waals surface area contributed by atoms with Crippen LogP contribution in [-0.4, -0.2) is 31.4 Å². The van der Waals surface area contributed by atoms with Gasteiger partial charge in [-0.2, -0.15) is 0 Å². The van der Waals surface area contributed by atoms with Crippen molar-refractivity contribution >= 4 is 44.4 Å². The molecule has 4 rings (SSSR count). The topological polar surface area (TPSA) is 81.9 Å². The van der Waals surface area contributed by atoms with E-state index in [4.69, 9.17) is 4.74 Å². The number of aromatic nitrogens is 4. The Labute approximate surface area is 195 Å². The number of ether oxygens (including phenoxy) is 1. The Hall–Kier alpha value is -2.91. The van der Waals surface area contributed by atoms with Crippen LogP contribution >= 0.6 is 23.1 Å². The summed E-state index contributed by atoms with van der Waals surface area (Å²) < 4.78 is 9.22. The molecule has 1 unspecified atom stereocenters. The van der Waals surface area contributed by atoms with E-state index in [9.17, 15) is 4.79 Å². The molecule has 0 saturated carbocycles. The van der Waals surface area contributed by atoms with Crippen LogP contribution < -0.4 is 10.1 Å². The second-order valence-corrected chi connectivity index (χ2v) is 9.34. The van der Waals surface area contributed by atoms with Gasteiger partial charge in [-0.1, -0.05) is 47.4 Å². The molecule has 32 heavy (non-hydrogen) atoms.